The first kappa shape index (κ1) is 19.5. The minimum atomic E-state index is -0.470. The van der Waals surface area contributed by atoms with Crippen LogP contribution in [0.1, 0.15) is 59.8 Å². The lowest BCUT2D eigenvalue weighted by molar-refractivity contribution is 0.0514. The average molecular weight is 324 g/mol. The predicted octanol–water partition coefficient (Wildman–Crippen LogP) is 3.25. The van der Waals surface area contributed by atoms with Crippen molar-refractivity contribution in [3.63, 3.8) is 0 Å². The van der Waals surface area contributed by atoms with E-state index in [0.29, 0.717) is 18.4 Å². The van der Waals surface area contributed by atoms with E-state index in [-0.39, 0.29) is 12.1 Å². The number of nitrogens with zero attached hydrogens (tertiary/aromatic N) is 1. The zero-order valence-corrected chi connectivity index (χ0v) is 15.3. The monoisotopic (exact) mass is 324 g/mol. The maximum absolute atomic E-state index is 11.8. The second kappa shape index (κ2) is 8.91. The summed E-state index contributed by atoms with van der Waals surface area (Å²) in [6.45, 7) is 13.5. The molecule has 1 rings (SSSR count). The van der Waals surface area contributed by atoms with Gasteiger partial charge in [0.05, 0.1) is 6.04 Å². The van der Waals surface area contributed by atoms with Crippen molar-refractivity contribution in [3.05, 3.63) is 18.2 Å². The van der Waals surface area contributed by atoms with Crippen LogP contribution in [0.2, 0.25) is 0 Å². The number of carbonyl (C=O) groups excluding carboxylic acids is 1. The minimum absolute atomic E-state index is 0.202. The van der Waals surface area contributed by atoms with Gasteiger partial charge in [-0.1, -0.05) is 20.8 Å². The number of hydrogen-bond acceptors (Lipinski definition) is 4. The highest BCUT2D eigenvalue weighted by atomic mass is 16.6. The molecule has 23 heavy (non-hydrogen) atoms. The van der Waals surface area contributed by atoms with E-state index in [0.717, 1.165) is 18.8 Å². The third kappa shape index (κ3) is 7.50. The zero-order chi connectivity index (χ0) is 17.5. The van der Waals surface area contributed by atoms with Crippen LogP contribution < -0.4 is 10.6 Å². The van der Waals surface area contributed by atoms with Crippen LogP contribution in [-0.4, -0.2) is 34.8 Å². The van der Waals surface area contributed by atoms with Crippen molar-refractivity contribution in [1.29, 1.82) is 0 Å². The van der Waals surface area contributed by atoms with E-state index in [1.807, 2.05) is 27.0 Å². The molecule has 0 spiro atoms. The van der Waals surface area contributed by atoms with Crippen LogP contribution >= 0.6 is 0 Å². The molecule has 132 valence electrons. The Morgan fingerprint density at radius 2 is 2.04 bits per heavy atom. The van der Waals surface area contributed by atoms with Gasteiger partial charge in [0, 0.05) is 25.5 Å². The van der Waals surface area contributed by atoms with Crippen molar-refractivity contribution in [3.8, 4) is 0 Å². The highest BCUT2D eigenvalue weighted by Crippen LogP contribution is 2.15. The van der Waals surface area contributed by atoms with E-state index in [1.54, 1.807) is 6.20 Å². The van der Waals surface area contributed by atoms with Crippen molar-refractivity contribution >= 4 is 6.09 Å². The first-order chi connectivity index (χ1) is 10.7. The summed E-state index contributed by atoms with van der Waals surface area (Å²) in [6.07, 6.45) is 4.20. The maximum Gasteiger partial charge on any atom is 0.407 e. The number of aromatic nitrogens is 2. The quantitative estimate of drug-likeness (QED) is 0.686. The topological polar surface area (TPSA) is 79.0 Å². The summed E-state index contributed by atoms with van der Waals surface area (Å²) in [5.74, 6) is 1.73. The molecule has 1 heterocycles. The third-order valence-corrected chi connectivity index (χ3v) is 3.73. The van der Waals surface area contributed by atoms with Crippen LogP contribution in [0.4, 0.5) is 4.79 Å². The molecule has 0 saturated carbocycles. The number of amides is 1. The Morgan fingerprint density at radius 3 is 2.52 bits per heavy atom. The summed E-state index contributed by atoms with van der Waals surface area (Å²) < 4.78 is 5.29. The van der Waals surface area contributed by atoms with Gasteiger partial charge in [-0.05, 0) is 39.0 Å². The van der Waals surface area contributed by atoms with Crippen molar-refractivity contribution in [2.45, 2.75) is 59.6 Å². The molecule has 0 fully saturated rings. The Bertz CT molecular complexity index is 452. The lowest BCUT2D eigenvalue weighted by Gasteiger charge is -2.26. The van der Waals surface area contributed by atoms with Crippen LogP contribution in [0, 0.1) is 11.8 Å². The molecular formula is C17H32N4O2. The van der Waals surface area contributed by atoms with Crippen LogP contribution in [-0.2, 0) is 4.74 Å². The number of hydrogen-bond donors (Lipinski definition) is 3. The average Bonchev–Trinajstić information content (AvgIpc) is 2.94. The van der Waals surface area contributed by atoms with Gasteiger partial charge in [0.25, 0.3) is 0 Å². The lowest BCUT2D eigenvalue weighted by atomic mass is 9.95. The number of nitrogens with one attached hydrogen (secondary N) is 3. The van der Waals surface area contributed by atoms with Gasteiger partial charge < -0.3 is 20.4 Å². The summed E-state index contributed by atoms with van der Waals surface area (Å²) in [5.41, 5.74) is -0.470. The summed E-state index contributed by atoms with van der Waals surface area (Å²) in [7, 11) is 0. The molecule has 6 heteroatoms. The van der Waals surface area contributed by atoms with Gasteiger partial charge in [-0.2, -0.15) is 0 Å². The molecule has 0 aliphatic carbocycles. The third-order valence-electron chi connectivity index (χ3n) is 3.73. The van der Waals surface area contributed by atoms with Gasteiger partial charge in [-0.25, -0.2) is 9.78 Å². The molecule has 1 aromatic rings. The smallest absolute Gasteiger partial charge is 0.407 e. The first-order valence-corrected chi connectivity index (χ1v) is 8.42. The van der Waals surface area contributed by atoms with Gasteiger partial charge in [-0.3, -0.25) is 0 Å². The normalized spacial score (nSPS) is 14.6. The summed E-state index contributed by atoms with van der Waals surface area (Å²) in [6, 6.07) is 0.202. The molecule has 0 aromatic carbocycles. The van der Waals surface area contributed by atoms with Crippen LogP contribution in [0.3, 0.4) is 0 Å². The molecule has 0 bridgehead atoms. The second-order valence-electron chi connectivity index (χ2n) is 7.23. The van der Waals surface area contributed by atoms with Crippen LogP contribution in [0.25, 0.3) is 0 Å². The molecule has 1 aromatic heterocycles. The molecule has 3 N–H and O–H groups in total. The SMILES string of the molecule is CCC(NCC(CNC(=O)OC(C)(C)C)C(C)C)c1ncc[nH]1. The van der Waals surface area contributed by atoms with E-state index < -0.39 is 5.60 Å². The number of imidazole rings is 1. The number of aromatic amines is 1. The van der Waals surface area contributed by atoms with Crippen molar-refractivity contribution < 1.29 is 9.53 Å². The predicted molar refractivity (Wildman–Crippen MR) is 92.2 cm³/mol. The van der Waals surface area contributed by atoms with E-state index in [9.17, 15) is 4.79 Å². The Kier molecular flexibility index (Phi) is 7.55. The number of alkyl carbamates (subject to hydrolysis) is 1. The zero-order valence-electron chi connectivity index (χ0n) is 15.3. The highest BCUT2D eigenvalue weighted by Gasteiger charge is 2.20. The Hall–Kier alpha value is -1.56. The second-order valence-corrected chi connectivity index (χ2v) is 7.23. The molecule has 0 radical (unpaired) electrons. The largest absolute Gasteiger partial charge is 0.444 e. The molecule has 2 atom stereocenters. The van der Waals surface area contributed by atoms with Crippen molar-refractivity contribution in [1.82, 2.24) is 20.6 Å². The van der Waals surface area contributed by atoms with E-state index in [2.05, 4.69) is 41.4 Å². The maximum atomic E-state index is 11.8. The number of rotatable bonds is 8. The standard InChI is InChI=1S/C17H32N4O2/c1-7-14(15-18-8-9-19-15)20-10-13(12(2)3)11-21-16(22)23-17(4,5)6/h8-9,12-14,20H,7,10-11H2,1-6H3,(H,18,19)(H,21,22). The molecule has 0 saturated heterocycles. The van der Waals surface area contributed by atoms with Gasteiger partial charge in [0.1, 0.15) is 11.4 Å². The molecule has 2 unspecified atom stereocenters. The molecule has 0 aliphatic heterocycles. The van der Waals surface area contributed by atoms with Crippen LogP contribution in [0.15, 0.2) is 12.4 Å². The van der Waals surface area contributed by atoms with E-state index in [4.69, 9.17) is 4.74 Å². The minimum Gasteiger partial charge on any atom is -0.444 e. The fourth-order valence-electron chi connectivity index (χ4n) is 2.27. The first-order valence-electron chi connectivity index (χ1n) is 8.42. The van der Waals surface area contributed by atoms with E-state index >= 15 is 0 Å². The summed E-state index contributed by atoms with van der Waals surface area (Å²) in [4.78, 5) is 19.3. The summed E-state index contributed by atoms with van der Waals surface area (Å²) in [5, 5.41) is 6.41. The Balaban J connectivity index is 2.47. The highest BCUT2D eigenvalue weighted by molar-refractivity contribution is 5.67. The van der Waals surface area contributed by atoms with Gasteiger partial charge in [0.2, 0.25) is 0 Å². The van der Waals surface area contributed by atoms with Crippen molar-refractivity contribution in [2.75, 3.05) is 13.1 Å². The van der Waals surface area contributed by atoms with Crippen molar-refractivity contribution in [2.24, 2.45) is 11.8 Å². The molecule has 1 amide bonds. The number of carbonyl (C=O) groups is 1. The fourth-order valence-corrected chi connectivity index (χ4v) is 2.27. The molecule has 6 nitrogen and oxygen atoms in total. The Labute approximate surface area is 139 Å². The molecule has 0 aliphatic rings. The van der Waals surface area contributed by atoms with E-state index in [1.165, 1.54) is 0 Å². The number of ether oxygens (including phenoxy) is 1. The van der Waals surface area contributed by atoms with Gasteiger partial charge >= 0.3 is 6.09 Å². The molecular weight excluding hydrogens is 292 g/mol. The van der Waals surface area contributed by atoms with Crippen LogP contribution in [0.5, 0.6) is 0 Å². The fraction of sp³-hybridized carbons (Fsp3) is 0.765. The van der Waals surface area contributed by atoms with Gasteiger partial charge in [-0.15, -0.1) is 0 Å². The van der Waals surface area contributed by atoms with Gasteiger partial charge in [0.15, 0.2) is 0 Å². The number of H-pyrrole nitrogens is 1. The summed E-state index contributed by atoms with van der Waals surface area (Å²) >= 11 is 0. The lowest BCUT2D eigenvalue weighted by Crippen LogP contribution is -2.40. The Morgan fingerprint density at radius 1 is 1.35 bits per heavy atom.